The Morgan fingerprint density at radius 1 is 1.33 bits per heavy atom. The van der Waals surface area contributed by atoms with Gasteiger partial charge in [-0.2, -0.15) is 12.7 Å². The summed E-state index contributed by atoms with van der Waals surface area (Å²) in [6.45, 7) is 1.67. The Balaban J connectivity index is 2.40. The largest absolute Gasteiger partial charge is 0.375 e. The lowest BCUT2D eigenvalue weighted by molar-refractivity contribution is 0.0437. The fraction of sp³-hybridized carbons (Fsp3) is 0.538. The summed E-state index contributed by atoms with van der Waals surface area (Å²) in [5, 5.41) is 0.791. The minimum absolute atomic E-state index is 0.200. The summed E-state index contributed by atoms with van der Waals surface area (Å²) in [6.07, 6.45) is 0.766. The van der Waals surface area contributed by atoms with Crippen molar-refractivity contribution in [1.82, 2.24) is 4.31 Å². The van der Waals surface area contributed by atoms with Gasteiger partial charge >= 0.3 is 10.3 Å². The van der Waals surface area contributed by atoms with Gasteiger partial charge < -0.3 is 4.74 Å². The first-order valence-corrected chi connectivity index (χ1v) is 8.65. The van der Waals surface area contributed by atoms with Crippen molar-refractivity contribution in [3.63, 3.8) is 0 Å². The Bertz CT molecular complexity index is 598. The number of methoxy groups -OCH3 is 1. The van der Waals surface area contributed by atoms with Gasteiger partial charge in [-0.1, -0.05) is 29.3 Å². The van der Waals surface area contributed by atoms with Crippen molar-refractivity contribution in [2.24, 2.45) is 0 Å². The molecular weight excluding hydrogens is 337 g/mol. The van der Waals surface area contributed by atoms with E-state index in [1.54, 1.807) is 25.1 Å². The average Bonchev–Trinajstić information content (AvgIpc) is 3.16. The maximum absolute atomic E-state index is 11.6. The molecule has 0 aromatic heterocycles. The summed E-state index contributed by atoms with van der Waals surface area (Å²) in [5.74, 6) is 0. The lowest BCUT2D eigenvalue weighted by Gasteiger charge is -2.32. The van der Waals surface area contributed by atoms with Crippen LogP contribution in [0.2, 0.25) is 10.0 Å². The highest BCUT2D eigenvalue weighted by Crippen LogP contribution is 2.39. The van der Waals surface area contributed by atoms with E-state index < -0.39 is 22.4 Å². The van der Waals surface area contributed by atoms with Crippen LogP contribution in [0.4, 0.5) is 0 Å². The standard InChI is InChI=1S/C13H17Cl2NO4S/c1-8(16(9-6-7-9)21(17,18)19)13(20-2)12-10(14)4-3-5-11(12)15/h3-5,8-9,13H,6-7H2,1-2H3,(H,17,18,19)/t8-,13+/m1/s1. The third-order valence-corrected chi connectivity index (χ3v) is 5.37. The molecule has 21 heavy (non-hydrogen) atoms. The molecule has 0 amide bonds. The van der Waals surface area contributed by atoms with Gasteiger partial charge in [-0.05, 0) is 31.9 Å². The molecule has 0 radical (unpaired) electrons. The summed E-state index contributed by atoms with van der Waals surface area (Å²) >= 11 is 12.3. The van der Waals surface area contributed by atoms with Crippen molar-refractivity contribution in [3.8, 4) is 0 Å². The topological polar surface area (TPSA) is 66.8 Å². The highest BCUT2D eigenvalue weighted by molar-refractivity contribution is 7.83. The Labute approximate surface area is 134 Å². The van der Waals surface area contributed by atoms with Crippen molar-refractivity contribution in [1.29, 1.82) is 0 Å². The second kappa shape index (κ2) is 6.40. The van der Waals surface area contributed by atoms with E-state index in [0.717, 1.165) is 17.1 Å². The van der Waals surface area contributed by atoms with E-state index in [4.69, 9.17) is 27.9 Å². The first-order valence-electron chi connectivity index (χ1n) is 6.50. The van der Waals surface area contributed by atoms with Crippen LogP contribution in [0.5, 0.6) is 0 Å². The maximum Gasteiger partial charge on any atom is 0.336 e. The van der Waals surface area contributed by atoms with Crippen LogP contribution in [0.25, 0.3) is 0 Å². The first kappa shape index (κ1) is 17.0. The predicted molar refractivity (Wildman–Crippen MR) is 82.1 cm³/mol. The monoisotopic (exact) mass is 353 g/mol. The van der Waals surface area contributed by atoms with E-state index in [2.05, 4.69) is 0 Å². The van der Waals surface area contributed by atoms with Gasteiger partial charge in [0.2, 0.25) is 0 Å². The highest BCUT2D eigenvalue weighted by Gasteiger charge is 2.43. The predicted octanol–water partition coefficient (Wildman–Crippen LogP) is 3.34. The number of nitrogens with zero attached hydrogens (tertiary/aromatic N) is 1. The Kier molecular flexibility index (Phi) is 5.18. The van der Waals surface area contributed by atoms with Gasteiger partial charge in [0.15, 0.2) is 0 Å². The quantitative estimate of drug-likeness (QED) is 0.796. The molecule has 2 rings (SSSR count). The van der Waals surface area contributed by atoms with Gasteiger partial charge in [0.1, 0.15) is 6.10 Å². The fourth-order valence-corrected chi connectivity index (χ4v) is 4.26. The number of ether oxygens (including phenoxy) is 1. The van der Waals surface area contributed by atoms with Crippen molar-refractivity contribution >= 4 is 33.5 Å². The molecule has 1 fully saturated rings. The van der Waals surface area contributed by atoms with Crippen LogP contribution in [0.3, 0.4) is 0 Å². The second-order valence-corrected chi connectivity index (χ2v) is 7.20. The van der Waals surface area contributed by atoms with Crippen LogP contribution in [-0.2, 0) is 15.0 Å². The zero-order valence-corrected chi connectivity index (χ0v) is 14.0. The zero-order valence-electron chi connectivity index (χ0n) is 11.7. The molecule has 1 aliphatic rings. The number of hydrogen-bond acceptors (Lipinski definition) is 3. The Hall–Kier alpha value is -0.370. The maximum atomic E-state index is 11.6. The van der Waals surface area contributed by atoms with E-state index in [-0.39, 0.29) is 6.04 Å². The summed E-state index contributed by atoms with van der Waals surface area (Å²) in [7, 11) is -2.87. The Morgan fingerprint density at radius 3 is 2.24 bits per heavy atom. The molecular formula is C13H17Cl2NO4S. The fourth-order valence-electron chi connectivity index (χ4n) is 2.53. The van der Waals surface area contributed by atoms with E-state index in [1.165, 1.54) is 7.11 Å². The normalized spacial score (nSPS) is 18.8. The molecule has 5 nitrogen and oxygen atoms in total. The van der Waals surface area contributed by atoms with E-state index >= 15 is 0 Å². The molecule has 0 bridgehead atoms. The Morgan fingerprint density at radius 2 is 1.86 bits per heavy atom. The van der Waals surface area contributed by atoms with Crippen LogP contribution in [0, 0.1) is 0 Å². The SMILES string of the molecule is CO[C@H](c1c(Cl)cccc1Cl)[C@@H](C)N(C1CC1)S(=O)(=O)O. The van der Waals surface area contributed by atoms with Crippen LogP contribution < -0.4 is 0 Å². The average molecular weight is 354 g/mol. The molecule has 118 valence electrons. The van der Waals surface area contributed by atoms with Crippen molar-refractivity contribution in [2.45, 2.75) is 38.0 Å². The number of hydrogen-bond donors (Lipinski definition) is 1. The molecule has 1 saturated carbocycles. The highest BCUT2D eigenvalue weighted by atomic mass is 35.5. The summed E-state index contributed by atoms with van der Waals surface area (Å²) in [5.41, 5.74) is 0.519. The summed E-state index contributed by atoms with van der Waals surface area (Å²) < 4.78 is 39.2. The molecule has 2 atom stereocenters. The molecule has 0 unspecified atom stereocenters. The van der Waals surface area contributed by atoms with Gasteiger partial charge in [-0.3, -0.25) is 4.55 Å². The van der Waals surface area contributed by atoms with Gasteiger partial charge in [-0.25, -0.2) is 0 Å². The summed E-state index contributed by atoms with van der Waals surface area (Å²) in [6, 6.07) is 4.20. The molecule has 0 heterocycles. The van der Waals surface area contributed by atoms with Gasteiger partial charge in [0, 0.05) is 28.8 Å². The third kappa shape index (κ3) is 3.70. The second-order valence-electron chi connectivity index (χ2n) is 5.07. The van der Waals surface area contributed by atoms with Crippen molar-refractivity contribution < 1.29 is 17.7 Å². The molecule has 1 aliphatic carbocycles. The van der Waals surface area contributed by atoms with Gasteiger partial charge in [-0.15, -0.1) is 0 Å². The molecule has 0 spiro atoms. The van der Waals surface area contributed by atoms with E-state index in [1.807, 2.05) is 0 Å². The number of rotatable bonds is 6. The van der Waals surface area contributed by atoms with Crippen LogP contribution >= 0.6 is 23.2 Å². The first-order chi connectivity index (χ1) is 9.77. The molecule has 1 N–H and O–H groups in total. The van der Waals surface area contributed by atoms with Gasteiger partial charge in [0.25, 0.3) is 0 Å². The lowest BCUT2D eigenvalue weighted by atomic mass is 10.0. The third-order valence-electron chi connectivity index (χ3n) is 3.55. The van der Waals surface area contributed by atoms with Crippen LogP contribution in [0.1, 0.15) is 31.4 Å². The van der Waals surface area contributed by atoms with Crippen molar-refractivity contribution in [2.75, 3.05) is 7.11 Å². The van der Waals surface area contributed by atoms with Crippen LogP contribution in [0.15, 0.2) is 18.2 Å². The zero-order chi connectivity index (χ0) is 15.8. The minimum atomic E-state index is -4.32. The van der Waals surface area contributed by atoms with Crippen LogP contribution in [-0.4, -0.2) is 36.5 Å². The van der Waals surface area contributed by atoms with Gasteiger partial charge in [0.05, 0.1) is 6.04 Å². The van der Waals surface area contributed by atoms with E-state index in [9.17, 15) is 13.0 Å². The molecule has 1 aromatic carbocycles. The number of halogens is 2. The smallest absolute Gasteiger partial charge is 0.336 e. The molecule has 1 aromatic rings. The number of benzene rings is 1. The molecule has 0 aliphatic heterocycles. The van der Waals surface area contributed by atoms with E-state index in [0.29, 0.717) is 15.6 Å². The lowest BCUT2D eigenvalue weighted by Crippen LogP contribution is -2.43. The van der Waals surface area contributed by atoms with Crippen molar-refractivity contribution in [3.05, 3.63) is 33.8 Å². The molecule has 8 heteroatoms. The summed E-state index contributed by atoms with van der Waals surface area (Å²) in [4.78, 5) is 0. The minimum Gasteiger partial charge on any atom is -0.375 e. The molecule has 0 saturated heterocycles.